The van der Waals surface area contributed by atoms with E-state index >= 15 is 0 Å². The maximum Gasteiger partial charge on any atom is 0.329 e. The summed E-state index contributed by atoms with van der Waals surface area (Å²) >= 11 is 5.37. The van der Waals surface area contributed by atoms with Crippen LogP contribution in [0.3, 0.4) is 0 Å². The van der Waals surface area contributed by atoms with Gasteiger partial charge in [-0.25, -0.2) is 4.79 Å². The van der Waals surface area contributed by atoms with Crippen LogP contribution >= 0.6 is 12.2 Å². The first kappa shape index (κ1) is 16.3. The van der Waals surface area contributed by atoms with Gasteiger partial charge in [-0.05, 0) is 37.1 Å². The van der Waals surface area contributed by atoms with Crippen molar-refractivity contribution in [1.29, 1.82) is 0 Å². The summed E-state index contributed by atoms with van der Waals surface area (Å²) in [6, 6.07) is 11.9. The van der Waals surface area contributed by atoms with E-state index in [1.165, 1.54) is 11.1 Å². The molecule has 0 aliphatic carbocycles. The number of aryl methyl sites for hydroxylation is 2. The van der Waals surface area contributed by atoms with E-state index < -0.39 is 0 Å². The zero-order valence-electron chi connectivity index (χ0n) is 13.8. The summed E-state index contributed by atoms with van der Waals surface area (Å²) in [6.45, 7) is 5.08. The van der Waals surface area contributed by atoms with Gasteiger partial charge >= 0.3 is 5.69 Å². The summed E-state index contributed by atoms with van der Waals surface area (Å²) in [6.07, 6.45) is 5.23. The molecule has 3 aromatic rings. The average Bonchev–Trinajstić information content (AvgIpc) is 2.54. The second-order valence-electron chi connectivity index (χ2n) is 6.01. The highest BCUT2D eigenvalue weighted by atomic mass is 32.1. The molecule has 0 saturated carbocycles. The Morgan fingerprint density at radius 2 is 1.79 bits per heavy atom. The number of benzene rings is 1. The van der Waals surface area contributed by atoms with Crippen molar-refractivity contribution in [2.24, 2.45) is 0 Å². The lowest BCUT2D eigenvalue weighted by Crippen LogP contribution is -2.31. The van der Waals surface area contributed by atoms with E-state index in [1.54, 1.807) is 33.8 Å². The highest BCUT2D eigenvalue weighted by Gasteiger charge is 2.06. The van der Waals surface area contributed by atoms with Gasteiger partial charge in [-0.15, -0.1) is 0 Å². The molecule has 5 heteroatoms. The molecule has 2 heterocycles. The number of hydrogen-bond acceptors (Lipinski definition) is 3. The number of nitrogens with zero attached hydrogens (tertiary/aromatic N) is 3. The Balaban J connectivity index is 1.97. The standard InChI is InChI=1S/C19H19N3OS/c1-14-8-15(2)10-17(9-14)13-22-18(24)5-7-21(19(22)23)12-16-4-3-6-20-11-16/h3-11H,12-13H2,1-2H3. The van der Waals surface area contributed by atoms with Crippen LogP contribution in [0.1, 0.15) is 22.3 Å². The minimum atomic E-state index is -0.106. The smallest absolute Gasteiger partial charge is 0.296 e. The molecule has 0 saturated heterocycles. The Morgan fingerprint density at radius 3 is 2.46 bits per heavy atom. The summed E-state index contributed by atoms with van der Waals surface area (Å²) in [7, 11) is 0. The minimum absolute atomic E-state index is 0.106. The largest absolute Gasteiger partial charge is 0.329 e. The SMILES string of the molecule is Cc1cc(C)cc(Cn2c(=S)ccn(Cc3cccnc3)c2=O)c1. The number of rotatable bonds is 4. The molecule has 0 radical (unpaired) electrons. The van der Waals surface area contributed by atoms with E-state index in [-0.39, 0.29) is 5.69 Å². The molecule has 0 atom stereocenters. The molecular weight excluding hydrogens is 318 g/mol. The number of pyridine rings is 1. The lowest BCUT2D eigenvalue weighted by Gasteiger charge is -2.12. The van der Waals surface area contributed by atoms with Crippen molar-refractivity contribution in [3.05, 3.63) is 92.4 Å². The van der Waals surface area contributed by atoms with Gasteiger partial charge in [0.1, 0.15) is 4.64 Å². The van der Waals surface area contributed by atoms with Gasteiger partial charge in [0.15, 0.2) is 0 Å². The summed E-state index contributed by atoms with van der Waals surface area (Å²) < 4.78 is 3.84. The first-order valence-corrected chi connectivity index (χ1v) is 8.20. The molecule has 1 aromatic carbocycles. The zero-order chi connectivity index (χ0) is 17.1. The van der Waals surface area contributed by atoms with Gasteiger partial charge in [0.05, 0.1) is 13.1 Å². The first-order valence-electron chi connectivity index (χ1n) is 7.79. The zero-order valence-corrected chi connectivity index (χ0v) is 14.6. The monoisotopic (exact) mass is 337 g/mol. The van der Waals surface area contributed by atoms with Crippen molar-refractivity contribution in [3.8, 4) is 0 Å². The third kappa shape index (κ3) is 3.68. The highest BCUT2D eigenvalue weighted by molar-refractivity contribution is 7.71. The van der Waals surface area contributed by atoms with Crippen molar-refractivity contribution in [3.63, 3.8) is 0 Å². The van der Waals surface area contributed by atoms with E-state index in [4.69, 9.17) is 12.2 Å². The first-order chi connectivity index (χ1) is 11.5. The van der Waals surface area contributed by atoms with Crippen LogP contribution in [0, 0.1) is 18.5 Å². The molecule has 0 unspecified atom stereocenters. The van der Waals surface area contributed by atoms with Gasteiger partial charge < -0.3 is 0 Å². The van der Waals surface area contributed by atoms with Gasteiger partial charge in [-0.3, -0.25) is 14.1 Å². The normalized spacial score (nSPS) is 10.8. The second-order valence-corrected chi connectivity index (χ2v) is 6.43. The molecular formula is C19H19N3OS. The Labute approximate surface area is 146 Å². The summed E-state index contributed by atoms with van der Waals surface area (Å²) in [5.74, 6) is 0. The van der Waals surface area contributed by atoms with Gasteiger partial charge in [0.25, 0.3) is 0 Å². The topological polar surface area (TPSA) is 39.8 Å². The number of aromatic nitrogens is 3. The number of hydrogen-bond donors (Lipinski definition) is 0. The van der Waals surface area contributed by atoms with Crippen LogP contribution in [0.15, 0.2) is 59.8 Å². The molecule has 0 fully saturated rings. The van der Waals surface area contributed by atoms with Crippen molar-refractivity contribution >= 4 is 12.2 Å². The summed E-state index contributed by atoms with van der Waals surface area (Å²) in [4.78, 5) is 16.9. The fourth-order valence-electron chi connectivity index (χ4n) is 2.85. The maximum atomic E-state index is 12.8. The van der Waals surface area contributed by atoms with Crippen LogP contribution in [0.5, 0.6) is 0 Å². The highest BCUT2D eigenvalue weighted by Crippen LogP contribution is 2.10. The van der Waals surface area contributed by atoms with Crippen LogP contribution < -0.4 is 5.69 Å². The molecule has 0 aliphatic rings. The van der Waals surface area contributed by atoms with E-state index in [0.29, 0.717) is 17.7 Å². The van der Waals surface area contributed by atoms with Crippen LogP contribution in [0.4, 0.5) is 0 Å². The molecule has 0 amide bonds. The predicted octanol–water partition coefficient (Wildman–Crippen LogP) is 3.49. The van der Waals surface area contributed by atoms with E-state index in [0.717, 1.165) is 11.1 Å². The molecule has 0 aliphatic heterocycles. The van der Waals surface area contributed by atoms with E-state index in [1.807, 2.05) is 12.1 Å². The van der Waals surface area contributed by atoms with Crippen molar-refractivity contribution in [2.45, 2.75) is 26.9 Å². The Hall–Kier alpha value is -2.53. The molecule has 4 nitrogen and oxygen atoms in total. The molecule has 0 spiro atoms. The third-order valence-corrected chi connectivity index (χ3v) is 4.19. The Morgan fingerprint density at radius 1 is 1.04 bits per heavy atom. The van der Waals surface area contributed by atoms with Gasteiger partial charge in [0, 0.05) is 18.6 Å². The van der Waals surface area contributed by atoms with Crippen LogP contribution in [-0.2, 0) is 13.1 Å². The Kier molecular flexibility index (Phi) is 4.71. The van der Waals surface area contributed by atoms with Gasteiger partial charge in [-0.1, -0.05) is 47.6 Å². The van der Waals surface area contributed by atoms with Crippen molar-refractivity contribution in [1.82, 2.24) is 14.1 Å². The van der Waals surface area contributed by atoms with E-state index in [9.17, 15) is 4.79 Å². The molecule has 2 aromatic heterocycles. The molecule has 0 N–H and O–H groups in total. The lowest BCUT2D eigenvalue weighted by atomic mass is 10.1. The average molecular weight is 337 g/mol. The molecule has 0 bridgehead atoms. The molecule has 122 valence electrons. The Bertz CT molecular complexity index is 954. The summed E-state index contributed by atoms with van der Waals surface area (Å²) in [5, 5.41) is 0. The molecule has 24 heavy (non-hydrogen) atoms. The predicted molar refractivity (Wildman–Crippen MR) is 97.9 cm³/mol. The lowest BCUT2D eigenvalue weighted by molar-refractivity contribution is 0.621. The molecule has 3 rings (SSSR count). The fourth-order valence-corrected chi connectivity index (χ4v) is 3.06. The minimum Gasteiger partial charge on any atom is -0.296 e. The fraction of sp³-hybridized carbons (Fsp3) is 0.211. The van der Waals surface area contributed by atoms with Crippen LogP contribution in [0.25, 0.3) is 0 Å². The van der Waals surface area contributed by atoms with Gasteiger partial charge in [0.2, 0.25) is 0 Å². The van der Waals surface area contributed by atoms with E-state index in [2.05, 4.69) is 37.0 Å². The summed E-state index contributed by atoms with van der Waals surface area (Å²) in [5.41, 5.74) is 4.33. The van der Waals surface area contributed by atoms with Crippen molar-refractivity contribution in [2.75, 3.05) is 0 Å². The third-order valence-electron chi connectivity index (χ3n) is 3.84. The second kappa shape index (κ2) is 6.93. The van der Waals surface area contributed by atoms with Gasteiger partial charge in [-0.2, -0.15) is 0 Å². The van der Waals surface area contributed by atoms with Crippen LogP contribution in [0.2, 0.25) is 0 Å². The quantitative estimate of drug-likeness (QED) is 0.684. The maximum absolute atomic E-state index is 12.8. The van der Waals surface area contributed by atoms with Crippen LogP contribution in [-0.4, -0.2) is 14.1 Å². The van der Waals surface area contributed by atoms with Crippen molar-refractivity contribution < 1.29 is 0 Å².